The molecule has 3 rings (SSSR count). The molecule has 7 heteroatoms. The van der Waals surface area contributed by atoms with Gasteiger partial charge in [-0.25, -0.2) is 4.98 Å². The molecule has 124 valence electrons. The summed E-state index contributed by atoms with van der Waals surface area (Å²) in [7, 11) is 0. The van der Waals surface area contributed by atoms with Crippen molar-refractivity contribution in [3.8, 4) is 0 Å². The first-order valence-electron chi connectivity index (χ1n) is 7.64. The maximum Gasteiger partial charge on any atom is 0.262 e. The number of carbonyl (C=O) groups excluding carboxylic acids is 3. The van der Waals surface area contributed by atoms with Crippen molar-refractivity contribution in [2.24, 2.45) is 0 Å². The number of amides is 3. The van der Waals surface area contributed by atoms with E-state index >= 15 is 0 Å². The number of hydrogen-bond donors (Lipinski definition) is 1. The van der Waals surface area contributed by atoms with Crippen LogP contribution in [-0.2, 0) is 11.2 Å². The quantitative estimate of drug-likeness (QED) is 0.840. The van der Waals surface area contributed by atoms with Crippen molar-refractivity contribution in [1.82, 2.24) is 15.2 Å². The molecule has 0 saturated heterocycles. The smallest absolute Gasteiger partial charge is 0.262 e. The second-order valence-corrected chi connectivity index (χ2v) is 6.57. The molecule has 24 heavy (non-hydrogen) atoms. The highest BCUT2D eigenvalue weighted by Crippen LogP contribution is 2.24. The number of benzene rings is 1. The van der Waals surface area contributed by atoms with Crippen LogP contribution < -0.4 is 5.32 Å². The van der Waals surface area contributed by atoms with Crippen molar-refractivity contribution in [1.29, 1.82) is 0 Å². The molecule has 1 atom stereocenters. The summed E-state index contributed by atoms with van der Waals surface area (Å²) in [5.41, 5.74) is 1.65. The van der Waals surface area contributed by atoms with Gasteiger partial charge in [0.1, 0.15) is 6.04 Å². The van der Waals surface area contributed by atoms with Gasteiger partial charge >= 0.3 is 0 Å². The van der Waals surface area contributed by atoms with E-state index in [0.717, 1.165) is 15.6 Å². The van der Waals surface area contributed by atoms with Gasteiger partial charge in [0, 0.05) is 24.0 Å². The molecule has 0 aliphatic carbocycles. The second-order valence-electron chi connectivity index (χ2n) is 5.63. The summed E-state index contributed by atoms with van der Waals surface area (Å²) in [6.45, 7) is 3.90. The molecule has 6 nitrogen and oxygen atoms in total. The van der Waals surface area contributed by atoms with Crippen LogP contribution in [0.3, 0.4) is 0 Å². The van der Waals surface area contributed by atoms with Gasteiger partial charge in [-0.1, -0.05) is 12.1 Å². The maximum atomic E-state index is 12.4. The molecule has 1 aliphatic rings. The third-order valence-corrected chi connectivity index (χ3v) is 4.92. The van der Waals surface area contributed by atoms with Gasteiger partial charge in [-0.3, -0.25) is 19.3 Å². The highest BCUT2D eigenvalue weighted by Gasteiger charge is 2.40. The van der Waals surface area contributed by atoms with Gasteiger partial charge in [-0.05, 0) is 26.0 Å². The van der Waals surface area contributed by atoms with Crippen LogP contribution in [0.5, 0.6) is 0 Å². The number of aromatic nitrogens is 1. The molecule has 0 radical (unpaired) electrons. The number of fused-ring (bicyclic) bond motifs is 1. The molecule has 2 heterocycles. The summed E-state index contributed by atoms with van der Waals surface area (Å²) < 4.78 is 0. The number of imide groups is 1. The number of nitrogens with one attached hydrogen (secondary N) is 1. The molecular formula is C17H17N3O3S. The minimum absolute atomic E-state index is 0.348. The lowest BCUT2D eigenvalue weighted by Gasteiger charge is -2.21. The van der Waals surface area contributed by atoms with Gasteiger partial charge < -0.3 is 5.32 Å². The van der Waals surface area contributed by atoms with Crippen LogP contribution in [-0.4, -0.2) is 40.2 Å². The molecule has 0 spiro atoms. The van der Waals surface area contributed by atoms with Crippen LogP contribution >= 0.6 is 11.3 Å². The second kappa shape index (κ2) is 6.52. The molecule has 0 saturated carbocycles. The zero-order valence-corrected chi connectivity index (χ0v) is 14.2. The first kappa shape index (κ1) is 16.3. The standard InChI is InChI=1S/C17H17N3O3S/c1-10-9-24-14(19-10)7-8-18-15(21)11(2)20-16(22)12-5-3-4-6-13(12)17(20)23/h3-6,9,11H,7-8H2,1-2H3,(H,18,21). The zero-order valence-electron chi connectivity index (χ0n) is 13.4. The molecule has 1 aromatic carbocycles. The maximum absolute atomic E-state index is 12.4. The number of aryl methyl sites for hydroxylation is 1. The Bertz CT molecular complexity index is 780. The van der Waals surface area contributed by atoms with Crippen molar-refractivity contribution in [3.63, 3.8) is 0 Å². The van der Waals surface area contributed by atoms with E-state index in [9.17, 15) is 14.4 Å². The Kier molecular flexibility index (Phi) is 4.44. The van der Waals surface area contributed by atoms with Crippen LogP contribution in [0, 0.1) is 6.92 Å². The van der Waals surface area contributed by atoms with Crippen LogP contribution in [0.1, 0.15) is 38.3 Å². The SMILES string of the molecule is Cc1csc(CCNC(=O)C(C)N2C(=O)c3ccccc3C2=O)n1. The van der Waals surface area contributed by atoms with Crippen molar-refractivity contribution in [3.05, 3.63) is 51.5 Å². The summed E-state index contributed by atoms with van der Waals surface area (Å²) in [4.78, 5) is 42.4. The summed E-state index contributed by atoms with van der Waals surface area (Å²) in [6, 6.07) is 5.76. The summed E-state index contributed by atoms with van der Waals surface area (Å²) in [6.07, 6.45) is 0.624. The fourth-order valence-corrected chi connectivity index (χ4v) is 3.41. The van der Waals surface area contributed by atoms with E-state index in [4.69, 9.17) is 0 Å². The number of rotatable bonds is 5. The summed E-state index contributed by atoms with van der Waals surface area (Å²) in [5, 5.41) is 5.67. The molecule has 3 amide bonds. The number of hydrogen-bond acceptors (Lipinski definition) is 5. The number of nitrogens with zero attached hydrogens (tertiary/aromatic N) is 2. The van der Waals surface area contributed by atoms with E-state index in [-0.39, 0.29) is 5.91 Å². The Balaban J connectivity index is 1.62. The Morgan fingerprint density at radius 2 is 1.88 bits per heavy atom. The van der Waals surface area contributed by atoms with E-state index in [2.05, 4.69) is 10.3 Å². The third-order valence-electron chi connectivity index (χ3n) is 3.90. The molecule has 1 aliphatic heterocycles. The number of thiazole rings is 1. The van der Waals surface area contributed by atoms with Crippen LogP contribution in [0.25, 0.3) is 0 Å². The van der Waals surface area contributed by atoms with E-state index in [1.807, 2.05) is 12.3 Å². The van der Waals surface area contributed by atoms with Gasteiger partial charge in [-0.2, -0.15) is 0 Å². The zero-order chi connectivity index (χ0) is 17.3. The van der Waals surface area contributed by atoms with Crippen molar-refractivity contribution < 1.29 is 14.4 Å². The van der Waals surface area contributed by atoms with Gasteiger partial charge in [0.05, 0.1) is 16.1 Å². The number of carbonyl (C=O) groups is 3. The normalized spacial score (nSPS) is 14.7. The largest absolute Gasteiger partial charge is 0.354 e. The lowest BCUT2D eigenvalue weighted by atomic mass is 10.1. The highest BCUT2D eigenvalue weighted by molar-refractivity contribution is 7.09. The van der Waals surface area contributed by atoms with Crippen LogP contribution in [0.4, 0.5) is 0 Å². The van der Waals surface area contributed by atoms with Gasteiger partial charge in [-0.15, -0.1) is 11.3 Å². The fraction of sp³-hybridized carbons (Fsp3) is 0.294. The third kappa shape index (κ3) is 2.94. The molecule has 0 bridgehead atoms. The first-order chi connectivity index (χ1) is 11.5. The Labute approximate surface area is 143 Å². The Morgan fingerprint density at radius 3 is 2.42 bits per heavy atom. The molecule has 1 aromatic heterocycles. The minimum atomic E-state index is -0.851. The fourth-order valence-electron chi connectivity index (χ4n) is 2.63. The minimum Gasteiger partial charge on any atom is -0.354 e. The predicted octanol–water partition coefficient (Wildman–Crippen LogP) is 1.79. The highest BCUT2D eigenvalue weighted by atomic mass is 32.1. The average molecular weight is 343 g/mol. The first-order valence-corrected chi connectivity index (χ1v) is 8.52. The lowest BCUT2D eigenvalue weighted by molar-refractivity contribution is -0.124. The topological polar surface area (TPSA) is 79.4 Å². The summed E-state index contributed by atoms with van der Waals surface area (Å²) in [5.74, 6) is -1.19. The molecule has 2 aromatic rings. The Hall–Kier alpha value is -2.54. The van der Waals surface area contributed by atoms with E-state index in [1.54, 1.807) is 42.5 Å². The molecule has 0 fully saturated rings. The summed E-state index contributed by atoms with van der Waals surface area (Å²) >= 11 is 1.55. The monoisotopic (exact) mass is 343 g/mol. The van der Waals surface area contributed by atoms with Crippen molar-refractivity contribution >= 4 is 29.1 Å². The predicted molar refractivity (Wildman–Crippen MR) is 90.0 cm³/mol. The van der Waals surface area contributed by atoms with Gasteiger partial charge in [0.25, 0.3) is 11.8 Å². The van der Waals surface area contributed by atoms with Crippen LogP contribution in [0.2, 0.25) is 0 Å². The average Bonchev–Trinajstić information content (AvgIpc) is 3.09. The van der Waals surface area contributed by atoms with Gasteiger partial charge in [0.15, 0.2) is 0 Å². The Morgan fingerprint density at radius 1 is 1.25 bits per heavy atom. The molecular weight excluding hydrogens is 326 g/mol. The van der Waals surface area contributed by atoms with Crippen LogP contribution in [0.15, 0.2) is 29.6 Å². The lowest BCUT2D eigenvalue weighted by Crippen LogP contribution is -2.48. The van der Waals surface area contributed by atoms with Crippen molar-refractivity contribution in [2.75, 3.05) is 6.54 Å². The molecule has 1 N–H and O–H groups in total. The van der Waals surface area contributed by atoms with Crippen molar-refractivity contribution in [2.45, 2.75) is 26.3 Å². The van der Waals surface area contributed by atoms with E-state index in [0.29, 0.717) is 24.1 Å². The molecule has 1 unspecified atom stereocenters. The van der Waals surface area contributed by atoms with Gasteiger partial charge in [0.2, 0.25) is 5.91 Å². The van der Waals surface area contributed by atoms with E-state index < -0.39 is 17.9 Å². The van der Waals surface area contributed by atoms with E-state index in [1.165, 1.54) is 0 Å².